The summed E-state index contributed by atoms with van der Waals surface area (Å²) in [6, 6.07) is 13.1. The van der Waals surface area contributed by atoms with Gasteiger partial charge in [-0.1, -0.05) is 24.3 Å². The third-order valence-electron chi connectivity index (χ3n) is 7.06. The lowest BCUT2D eigenvalue weighted by atomic mass is 9.75. The molecule has 0 unspecified atom stereocenters. The Kier molecular flexibility index (Phi) is 7.81. The maximum Gasteiger partial charge on any atom is 0.407 e. The van der Waals surface area contributed by atoms with E-state index in [4.69, 9.17) is 0 Å². The molecule has 2 fully saturated rings. The van der Waals surface area contributed by atoms with E-state index in [9.17, 15) is 24.7 Å². The van der Waals surface area contributed by atoms with Crippen molar-refractivity contribution in [2.24, 2.45) is 11.8 Å². The number of piperazine rings is 1. The first-order chi connectivity index (χ1) is 17.0. The van der Waals surface area contributed by atoms with Gasteiger partial charge in [0.2, 0.25) is 11.8 Å². The van der Waals surface area contributed by atoms with Gasteiger partial charge in [-0.2, -0.15) is 0 Å². The summed E-state index contributed by atoms with van der Waals surface area (Å²) in [4.78, 5) is 47.4. The molecule has 2 aliphatic rings. The van der Waals surface area contributed by atoms with Crippen LogP contribution in [0.5, 0.6) is 0 Å². The Morgan fingerprint density at radius 1 is 1.00 bits per heavy atom. The molecule has 3 amide bonds. The Morgan fingerprint density at radius 2 is 1.74 bits per heavy atom. The van der Waals surface area contributed by atoms with Crippen molar-refractivity contribution in [2.45, 2.75) is 31.8 Å². The number of anilines is 1. The molecule has 10 heteroatoms. The van der Waals surface area contributed by atoms with E-state index < -0.39 is 29.9 Å². The smallest absolute Gasteiger partial charge is 0.407 e. The van der Waals surface area contributed by atoms with Gasteiger partial charge in [0.25, 0.3) is 0 Å². The third-order valence-corrected chi connectivity index (χ3v) is 7.06. The maximum atomic E-state index is 13.4. The van der Waals surface area contributed by atoms with Gasteiger partial charge in [0.05, 0.1) is 12.5 Å². The third kappa shape index (κ3) is 5.71. The van der Waals surface area contributed by atoms with Crippen molar-refractivity contribution in [3.63, 3.8) is 0 Å². The van der Waals surface area contributed by atoms with Gasteiger partial charge in [0, 0.05) is 56.2 Å². The zero-order chi connectivity index (χ0) is 24.8. The maximum absolute atomic E-state index is 13.4. The highest BCUT2D eigenvalue weighted by Gasteiger charge is 2.43. The van der Waals surface area contributed by atoms with E-state index in [2.05, 4.69) is 9.88 Å². The lowest BCUT2D eigenvalue weighted by Gasteiger charge is -2.42. The lowest BCUT2D eigenvalue weighted by Crippen LogP contribution is -2.54. The first-order valence-corrected chi connectivity index (χ1v) is 11.9. The Bertz CT molecular complexity index is 1010. The molecule has 1 aliphatic carbocycles. The lowest BCUT2D eigenvalue weighted by molar-refractivity contribution is -0.148. The van der Waals surface area contributed by atoms with E-state index in [1.807, 2.05) is 30.3 Å². The standard InChI is InChI=1S/C25H31N5O5/c31-23(27-35)22-15-20(30(25(33)34)17-18-5-4-10-26-16-18)8-9-21(22)24(32)29-13-11-28(12-14-29)19-6-2-1-3-7-19/h1-7,10,16,20-22,35H,8-9,11-15,17H2,(H,27,31)(H,33,34)/t20-,21+,22+/m1/s1. The number of nitrogens with zero attached hydrogens (tertiary/aromatic N) is 4. The van der Waals surface area contributed by atoms with Crippen LogP contribution < -0.4 is 10.4 Å². The average Bonchev–Trinajstić information content (AvgIpc) is 2.91. The molecule has 2 aromatic rings. The molecule has 186 valence electrons. The van der Waals surface area contributed by atoms with E-state index in [1.165, 1.54) is 4.90 Å². The van der Waals surface area contributed by atoms with Crippen molar-refractivity contribution in [1.82, 2.24) is 20.3 Å². The molecule has 35 heavy (non-hydrogen) atoms. The molecule has 2 heterocycles. The summed E-state index contributed by atoms with van der Waals surface area (Å²) in [6.45, 7) is 2.62. The van der Waals surface area contributed by atoms with Gasteiger partial charge < -0.3 is 19.8 Å². The minimum Gasteiger partial charge on any atom is -0.465 e. The van der Waals surface area contributed by atoms with Gasteiger partial charge in [-0.05, 0) is 43.0 Å². The number of pyridine rings is 1. The fourth-order valence-corrected chi connectivity index (χ4v) is 5.20. The molecule has 3 N–H and O–H groups in total. The molecule has 1 aliphatic heterocycles. The van der Waals surface area contributed by atoms with Crippen molar-refractivity contribution >= 4 is 23.6 Å². The SMILES string of the molecule is O=C(NO)[C@H]1C[C@H](N(Cc2cccnc2)C(=O)O)CC[C@@H]1C(=O)N1CCN(c2ccccc2)CC1. The Hall–Kier alpha value is -3.66. The Labute approximate surface area is 204 Å². The van der Waals surface area contributed by atoms with Crippen molar-refractivity contribution in [2.75, 3.05) is 31.1 Å². The fraction of sp³-hybridized carbons (Fsp3) is 0.440. The van der Waals surface area contributed by atoms with Gasteiger partial charge in [0.1, 0.15) is 0 Å². The number of hydrogen-bond donors (Lipinski definition) is 3. The second-order valence-electron chi connectivity index (χ2n) is 9.08. The van der Waals surface area contributed by atoms with Crippen LogP contribution in [0.3, 0.4) is 0 Å². The molecule has 10 nitrogen and oxygen atoms in total. The molecule has 3 atom stereocenters. The Morgan fingerprint density at radius 3 is 2.37 bits per heavy atom. The summed E-state index contributed by atoms with van der Waals surface area (Å²) in [5.74, 6) is -2.17. The molecule has 0 bridgehead atoms. The molecule has 0 radical (unpaired) electrons. The van der Waals surface area contributed by atoms with E-state index in [0.717, 1.165) is 11.3 Å². The van der Waals surface area contributed by atoms with E-state index in [1.54, 1.807) is 34.9 Å². The van der Waals surface area contributed by atoms with Crippen LogP contribution in [0.2, 0.25) is 0 Å². The number of para-hydroxylation sites is 1. The van der Waals surface area contributed by atoms with Crippen molar-refractivity contribution in [3.05, 3.63) is 60.4 Å². The van der Waals surface area contributed by atoms with Crippen LogP contribution >= 0.6 is 0 Å². The van der Waals surface area contributed by atoms with Crippen LogP contribution in [0.4, 0.5) is 10.5 Å². The molecule has 1 saturated heterocycles. The summed E-state index contributed by atoms with van der Waals surface area (Å²) in [5, 5.41) is 19.2. The zero-order valence-electron chi connectivity index (χ0n) is 19.5. The fourth-order valence-electron chi connectivity index (χ4n) is 5.20. The highest BCUT2D eigenvalue weighted by molar-refractivity contribution is 5.87. The number of amides is 3. The predicted octanol–water partition coefficient (Wildman–Crippen LogP) is 2.20. The Balaban J connectivity index is 1.43. The highest BCUT2D eigenvalue weighted by Crippen LogP contribution is 2.35. The summed E-state index contributed by atoms with van der Waals surface area (Å²) < 4.78 is 0. The molecule has 4 rings (SSSR count). The minimum absolute atomic E-state index is 0.112. The number of carbonyl (C=O) groups excluding carboxylic acids is 2. The molecule has 1 aromatic heterocycles. The molecule has 1 saturated carbocycles. The highest BCUT2D eigenvalue weighted by atomic mass is 16.5. The average molecular weight is 482 g/mol. The van der Waals surface area contributed by atoms with Crippen LogP contribution in [-0.4, -0.2) is 75.2 Å². The van der Waals surface area contributed by atoms with Gasteiger partial charge in [0.15, 0.2) is 0 Å². The van der Waals surface area contributed by atoms with Gasteiger partial charge >= 0.3 is 6.09 Å². The first-order valence-electron chi connectivity index (χ1n) is 11.9. The second kappa shape index (κ2) is 11.2. The van der Waals surface area contributed by atoms with Gasteiger partial charge in [-0.25, -0.2) is 10.3 Å². The number of rotatable bonds is 6. The van der Waals surface area contributed by atoms with E-state index in [-0.39, 0.29) is 18.9 Å². The summed E-state index contributed by atoms with van der Waals surface area (Å²) in [7, 11) is 0. The van der Waals surface area contributed by atoms with Crippen LogP contribution in [0.15, 0.2) is 54.9 Å². The second-order valence-corrected chi connectivity index (χ2v) is 9.08. The summed E-state index contributed by atoms with van der Waals surface area (Å²) in [6.07, 6.45) is 3.13. The van der Waals surface area contributed by atoms with Gasteiger partial charge in [-0.15, -0.1) is 0 Å². The van der Waals surface area contributed by atoms with Crippen molar-refractivity contribution in [1.29, 1.82) is 0 Å². The first kappa shape index (κ1) is 24.5. The van der Waals surface area contributed by atoms with Crippen LogP contribution in [0.25, 0.3) is 0 Å². The molecule has 1 aromatic carbocycles. The molecular weight excluding hydrogens is 450 g/mol. The molecule has 0 spiro atoms. The number of benzene rings is 1. The number of hydrogen-bond acceptors (Lipinski definition) is 6. The predicted molar refractivity (Wildman–Crippen MR) is 128 cm³/mol. The minimum atomic E-state index is -1.09. The van der Waals surface area contributed by atoms with Crippen molar-refractivity contribution in [3.8, 4) is 0 Å². The normalized spacial score (nSPS) is 22.4. The summed E-state index contributed by atoms with van der Waals surface area (Å²) in [5.41, 5.74) is 3.55. The van der Waals surface area contributed by atoms with Gasteiger partial charge in [-0.3, -0.25) is 19.8 Å². The number of aromatic nitrogens is 1. The number of nitrogens with one attached hydrogen (secondary N) is 1. The van der Waals surface area contributed by atoms with Crippen LogP contribution in [-0.2, 0) is 16.1 Å². The largest absolute Gasteiger partial charge is 0.465 e. The topological polar surface area (TPSA) is 126 Å². The number of hydroxylamine groups is 1. The quantitative estimate of drug-likeness (QED) is 0.426. The molecular formula is C25H31N5O5. The number of carbonyl (C=O) groups is 3. The van der Waals surface area contributed by atoms with Crippen LogP contribution in [0.1, 0.15) is 24.8 Å². The monoisotopic (exact) mass is 481 g/mol. The number of carboxylic acid groups (broad SMARTS) is 1. The van der Waals surface area contributed by atoms with Crippen LogP contribution in [0, 0.1) is 11.8 Å². The van der Waals surface area contributed by atoms with Crippen molar-refractivity contribution < 1.29 is 24.7 Å². The van der Waals surface area contributed by atoms with E-state index >= 15 is 0 Å². The zero-order valence-corrected chi connectivity index (χ0v) is 19.5. The van der Waals surface area contributed by atoms with E-state index in [0.29, 0.717) is 39.0 Å². The summed E-state index contributed by atoms with van der Waals surface area (Å²) >= 11 is 0.